The normalized spacial score (nSPS) is 12.2. The molecular weight excluding hydrogens is 260 g/mol. The second kappa shape index (κ2) is 7.31. The highest BCUT2D eigenvalue weighted by molar-refractivity contribution is 6.17. The minimum atomic E-state index is -1.11. The highest BCUT2D eigenvalue weighted by Crippen LogP contribution is 2.12. The maximum atomic E-state index is 13.3. The lowest BCUT2D eigenvalue weighted by Gasteiger charge is -2.14. The zero-order valence-corrected chi connectivity index (χ0v) is 10.9. The quantitative estimate of drug-likeness (QED) is 0.793. The van der Waals surface area contributed by atoms with E-state index in [0.29, 0.717) is 12.4 Å². The summed E-state index contributed by atoms with van der Waals surface area (Å²) in [5.41, 5.74) is -0.268. The van der Waals surface area contributed by atoms with Crippen molar-refractivity contribution in [2.75, 3.05) is 12.4 Å². The molecule has 1 amide bonds. The molecule has 0 radical (unpaired) electrons. The summed E-state index contributed by atoms with van der Waals surface area (Å²) >= 11 is 5.63. The Morgan fingerprint density at radius 3 is 2.78 bits per heavy atom. The van der Waals surface area contributed by atoms with Crippen LogP contribution in [0.15, 0.2) is 18.2 Å². The van der Waals surface area contributed by atoms with Gasteiger partial charge in [0.25, 0.3) is 5.91 Å². The summed E-state index contributed by atoms with van der Waals surface area (Å²) in [6.45, 7) is 2.41. The largest absolute Gasteiger partial charge is 0.352 e. The molecule has 0 aromatic heterocycles. The number of nitrogens with one attached hydrogen (secondary N) is 1. The smallest absolute Gasteiger partial charge is 0.254 e. The molecule has 1 aromatic rings. The number of carbonyl (C=O) groups is 1. The van der Waals surface area contributed by atoms with E-state index in [2.05, 4.69) is 5.32 Å². The topological polar surface area (TPSA) is 29.1 Å². The van der Waals surface area contributed by atoms with E-state index >= 15 is 0 Å². The molecule has 0 aliphatic carbocycles. The van der Waals surface area contributed by atoms with Gasteiger partial charge in [-0.1, -0.05) is 19.4 Å². The van der Waals surface area contributed by atoms with E-state index in [1.165, 1.54) is 12.1 Å². The van der Waals surface area contributed by atoms with Crippen molar-refractivity contribution < 1.29 is 13.6 Å². The lowest BCUT2D eigenvalue weighted by atomic mass is 10.0. The van der Waals surface area contributed by atoms with Gasteiger partial charge in [-0.3, -0.25) is 4.79 Å². The van der Waals surface area contributed by atoms with Crippen LogP contribution >= 0.6 is 11.6 Å². The molecule has 0 saturated carbocycles. The van der Waals surface area contributed by atoms with E-state index in [1.807, 2.05) is 6.92 Å². The van der Waals surface area contributed by atoms with Crippen molar-refractivity contribution in [1.82, 2.24) is 5.32 Å². The third kappa shape index (κ3) is 3.95. The van der Waals surface area contributed by atoms with Crippen LogP contribution in [-0.4, -0.2) is 18.3 Å². The van der Waals surface area contributed by atoms with Crippen molar-refractivity contribution in [1.29, 1.82) is 0 Å². The minimum Gasteiger partial charge on any atom is -0.352 e. The number of halogens is 3. The molecule has 0 bridgehead atoms. The standard InChI is InChI=1S/C13H16ClF2NO/c1-2-9(6-7-14)8-17-13(18)10-4-3-5-11(15)12(10)16/h3-5,9H,2,6-8H2,1H3,(H,17,18). The van der Waals surface area contributed by atoms with E-state index in [-0.39, 0.29) is 11.5 Å². The molecule has 5 heteroatoms. The predicted molar refractivity (Wildman–Crippen MR) is 67.8 cm³/mol. The average molecular weight is 276 g/mol. The van der Waals surface area contributed by atoms with Gasteiger partial charge >= 0.3 is 0 Å². The highest BCUT2D eigenvalue weighted by Gasteiger charge is 2.15. The average Bonchev–Trinajstić information content (AvgIpc) is 2.37. The number of amides is 1. The summed E-state index contributed by atoms with van der Waals surface area (Å²) < 4.78 is 26.3. The van der Waals surface area contributed by atoms with Crippen molar-refractivity contribution in [3.8, 4) is 0 Å². The molecule has 18 heavy (non-hydrogen) atoms. The lowest BCUT2D eigenvalue weighted by Crippen LogP contribution is -2.30. The van der Waals surface area contributed by atoms with Gasteiger partial charge in [-0.15, -0.1) is 11.6 Å². The van der Waals surface area contributed by atoms with Crippen LogP contribution in [0.25, 0.3) is 0 Å². The van der Waals surface area contributed by atoms with Crippen LogP contribution in [0.4, 0.5) is 8.78 Å². The van der Waals surface area contributed by atoms with Gasteiger partial charge in [-0.2, -0.15) is 0 Å². The maximum absolute atomic E-state index is 13.3. The third-order valence-corrected chi connectivity index (χ3v) is 3.06. The number of hydrogen-bond acceptors (Lipinski definition) is 1. The Balaban J connectivity index is 2.62. The molecule has 1 atom stereocenters. The van der Waals surface area contributed by atoms with Gasteiger partial charge < -0.3 is 5.32 Å². The maximum Gasteiger partial charge on any atom is 0.254 e. The highest BCUT2D eigenvalue weighted by atomic mass is 35.5. The first-order valence-corrected chi connectivity index (χ1v) is 6.41. The fourth-order valence-electron chi connectivity index (χ4n) is 1.62. The molecule has 2 nitrogen and oxygen atoms in total. The van der Waals surface area contributed by atoms with Gasteiger partial charge in [0.15, 0.2) is 11.6 Å². The van der Waals surface area contributed by atoms with Gasteiger partial charge in [0.2, 0.25) is 0 Å². The third-order valence-electron chi connectivity index (χ3n) is 2.84. The number of alkyl halides is 1. The Morgan fingerprint density at radius 1 is 1.44 bits per heavy atom. The molecule has 0 aliphatic heterocycles. The van der Waals surface area contributed by atoms with E-state index < -0.39 is 17.5 Å². The summed E-state index contributed by atoms with van der Waals surface area (Å²) in [7, 11) is 0. The first-order chi connectivity index (χ1) is 8.60. The summed E-state index contributed by atoms with van der Waals surface area (Å²) in [6, 6.07) is 3.55. The molecule has 100 valence electrons. The van der Waals surface area contributed by atoms with E-state index in [4.69, 9.17) is 11.6 Å². The van der Waals surface area contributed by atoms with Crippen molar-refractivity contribution >= 4 is 17.5 Å². The first-order valence-electron chi connectivity index (χ1n) is 5.88. The Labute approximate surface area is 110 Å². The molecular formula is C13H16ClF2NO. The summed E-state index contributed by atoms with van der Waals surface area (Å²) in [5.74, 6) is -1.96. The summed E-state index contributed by atoms with van der Waals surface area (Å²) in [6.07, 6.45) is 1.66. The number of carbonyl (C=O) groups excluding carboxylic acids is 1. The Kier molecular flexibility index (Phi) is 6.05. The Morgan fingerprint density at radius 2 is 2.17 bits per heavy atom. The molecule has 1 N–H and O–H groups in total. The van der Waals surface area contributed by atoms with Gasteiger partial charge in [0.1, 0.15) is 0 Å². The van der Waals surface area contributed by atoms with Gasteiger partial charge in [-0.25, -0.2) is 8.78 Å². The summed E-state index contributed by atoms with van der Waals surface area (Å²) in [4.78, 5) is 11.7. The number of hydrogen-bond donors (Lipinski definition) is 1. The van der Waals surface area contributed by atoms with Gasteiger partial charge in [0.05, 0.1) is 5.56 Å². The van der Waals surface area contributed by atoms with Crippen molar-refractivity contribution in [3.63, 3.8) is 0 Å². The summed E-state index contributed by atoms with van der Waals surface area (Å²) in [5, 5.41) is 2.60. The second-order valence-corrected chi connectivity index (χ2v) is 4.44. The molecule has 1 rings (SSSR count). The molecule has 0 fully saturated rings. The zero-order chi connectivity index (χ0) is 13.5. The van der Waals surface area contributed by atoms with E-state index in [9.17, 15) is 13.6 Å². The fourth-order valence-corrected chi connectivity index (χ4v) is 1.92. The molecule has 0 saturated heterocycles. The number of benzene rings is 1. The van der Waals surface area contributed by atoms with Crippen molar-refractivity contribution in [3.05, 3.63) is 35.4 Å². The molecule has 1 aromatic carbocycles. The van der Waals surface area contributed by atoms with E-state index in [0.717, 1.165) is 18.9 Å². The lowest BCUT2D eigenvalue weighted by molar-refractivity contribution is 0.0941. The van der Waals surface area contributed by atoms with Crippen LogP contribution in [-0.2, 0) is 0 Å². The van der Waals surface area contributed by atoms with Gasteiger partial charge in [0, 0.05) is 12.4 Å². The first kappa shape index (κ1) is 14.9. The van der Waals surface area contributed by atoms with Crippen LogP contribution in [0.3, 0.4) is 0 Å². The van der Waals surface area contributed by atoms with Crippen LogP contribution in [0.5, 0.6) is 0 Å². The van der Waals surface area contributed by atoms with E-state index in [1.54, 1.807) is 0 Å². The molecule has 0 spiro atoms. The minimum absolute atomic E-state index is 0.253. The van der Waals surface area contributed by atoms with Crippen LogP contribution in [0, 0.1) is 17.6 Å². The van der Waals surface area contributed by atoms with Crippen molar-refractivity contribution in [2.45, 2.75) is 19.8 Å². The van der Waals surface area contributed by atoms with Crippen LogP contribution < -0.4 is 5.32 Å². The van der Waals surface area contributed by atoms with Crippen LogP contribution in [0.2, 0.25) is 0 Å². The predicted octanol–water partition coefficient (Wildman–Crippen LogP) is 3.35. The second-order valence-electron chi connectivity index (χ2n) is 4.06. The van der Waals surface area contributed by atoms with Crippen LogP contribution in [0.1, 0.15) is 30.1 Å². The molecule has 0 heterocycles. The molecule has 0 aliphatic rings. The monoisotopic (exact) mass is 275 g/mol. The van der Waals surface area contributed by atoms with Gasteiger partial charge in [-0.05, 0) is 24.5 Å². The Bertz CT molecular complexity index is 412. The SMILES string of the molecule is CCC(CCCl)CNC(=O)c1cccc(F)c1F. The van der Waals surface area contributed by atoms with Crippen molar-refractivity contribution in [2.24, 2.45) is 5.92 Å². The molecule has 1 unspecified atom stereocenters. The number of rotatable bonds is 6. The zero-order valence-electron chi connectivity index (χ0n) is 10.2. The fraction of sp³-hybridized carbons (Fsp3) is 0.462. The Hall–Kier alpha value is -1.16.